The molecule has 2 heterocycles. The van der Waals surface area contributed by atoms with Crippen molar-refractivity contribution in [2.45, 2.75) is 0 Å². The molecule has 0 radical (unpaired) electrons. The summed E-state index contributed by atoms with van der Waals surface area (Å²) in [7, 11) is 0. The number of halogens is 2. The first-order valence-corrected chi connectivity index (χ1v) is 13.4. The molecule has 0 bridgehead atoms. The molecule has 1 aromatic heterocycles. The van der Waals surface area contributed by atoms with Crippen LogP contribution in [0.5, 0.6) is 11.5 Å². The first-order valence-electron chi connectivity index (χ1n) is 12.3. The molecular weight excluding hydrogens is 519 g/mol. The van der Waals surface area contributed by atoms with Crippen LogP contribution in [0.1, 0.15) is 0 Å². The number of fused-ring (bicyclic) bond motifs is 2. The number of aromatic nitrogens is 2. The van der Waals surface area contributed by atoms with Gasteiger partial charge in [-0.3, -0.25) is 0 Å². The van der Waals surface area contributed by atoms with Gasteiger partial charge in [0.2, 0.25) is 0 Å². The minimum atomic E-state index is 0.369. The Balaban J connectivity index is 1.58. The van der Waals surface area contributed by atoms with Gasteiger partial charge in [0.1, 0.15) is 25.4 Å². The highest BCUT2D eigenvalue weighted by molar-refractivity contribution is 6.18. The van der Waals surface area contributed by atoms with E-state index in [9.17, 15) is 0 Å². The lowest BCUT2D eigenvalue weighted by Crippen LogP contribution is -2.27. The molecule has 2 aromatic carbocycles. The number of nitrogens with zero attached hydrogens (tertiary/aromatic N) is 3. The average molecular weight is 551 g/mol. The summed E-state index contributed by atoms with van der Waals surface area (Å²) < 4.78 is 28.6. The van der Waals surface area contributed by atoms with Crippen LogP contribution in [0, 0.1) is 0 Å². The summed E-state index contributed by atoms with van der Waals surface area (Å²) in [5, 5.41) is 4.23. The van der Waals surface area contributed by atoms with Crippen molar-refractivity contribution in [3.8, 4) is 11.5 Å². The highest BCUT2D eigenvalue weighted by Crippen LogP contribution is 2.35. The molecule has 0 fully saturated rings. The van der Waals surface area contributed by atoms with Gasteiger partial charge in [-0.25, -0.2) is 9.97 Å². The van der Waals surface area contributed by atoms with E-state index in [1.807, 2.05) is 30.3 Å². The minimum absolute atomic E-state index is 0.369. The Hall–Kier alpha value is -2.56. The third-order valence-corrected chi connectivity index (χ3v) is 5.94. The summed E-state index contributed by atoms with van der Waals surface area (Å²) in [6.45, 7) is 5.08. The summed E-state index contributed by atoms with van der Waals surface area (Å²) in [6.07, 6.45) is 1.53. The van der Waals surface area contributed by atoms with Crippen LogP contribution in [0.4, 0.5) is 17.2 Å². The Labute approximate surface area is 226 Å². The number of benzene rings is 2. The third kappa shape index (κ3) is 8.21. The first kappa shape index (κ1) is 27.5. The van der Waals surface area contributed by atoms with Crippen molar-refractivity contribution in [3.05, 3.63) is 42.7 Å². The molecule has 1 aliphatic rings. The number of anilines is 3. The van der Waals surface area contributed by atoms with Crippen molar-refractivity contribution in [1.29, 1.82) is 0 Å². The Morgan fingerprint density at radius 1 is 0.757 bits per heavy atom. The van der Waals surface area contributed by atoms with E-state index in [2.05, 4.69) is 26.3 Å². The van der Waals surface area contributed by atoms with Crippen LogP contribution >= 0.6 is 23.2 Å². The van der Waals surface area contributed by atoms with Crippen LogP contribution in [0.2, 0.25) is 0 Å². The lowest BCUT2D eigenvalue weighted by atomic mass is 10.2. The van der Waals surface area contributed by atoms with E-state index in [1.54, 1.807) is 0 Å². The zero-order chi connectivity index (χ0) is 25.7. The zero-order valence-corrected chi connectivity index (χ0v) is 22.2. The zero-order valence-electron chi connectivity index (χ0n) is 20.7. The van der Waals surface area contributed by atoms with Crippen molar-refractivity contribution < 1.29 is 23.7 Å². The molecule has 0 saturated carbocycles. The Morgan fingerprint density at radius 3 is 2.03 bits per heavy atom. The van der Waals surface area contributed by atoms with E-state index < -0.39 is 0 Å². The van der Waals surface area contributed by atoms with E-state index in [0.29, 0.717) is 95.0 Å². The van der Waals surface area contributed by atoms with Gasteiger partial charge in [0.25, 0.3) is 0 Å². The molecule has 0 spiro atoms. The summed E-state index contributed by atoms with van der Waals surface area (Å²) in [6, 6.07) is 11.8. The molecule has 0 atom stereocenters. The Kier molecular flexibility index (Phi) is 11.1. The summed E-state index contributed by atoms with van der Waals surface area (Å²) in [5.41, 5.74) is 2.64. The summed E-state index contributed by atoms with van der Waals surface area (Å²) >= 11 is 12.0. The van der Waals surface area contributed by atoms with Crippen molar-refractivity contribution in [3.63, 3.8) is 0 Å². The number of hydrogen-bond acceptors (Lipinski definition) is 9. The van der Waals surface area contributed by atoms with E-state index in [1.165, 1.54) is 6.33 Å². The predicted octanol–water partition coefficient (Wildman–Crippen LogP) is 4.48. The van der Waals surface area contributed by atoms with E-state index in [4.69, 9.17) is 46.9 Å². The second-order valence-electron chi connectivity index (χ2n) is 8.11. The lowest BCUT2D eigenvalue weighted by molar-refractivity contribution is 0.00708. The number of rotatable bonds is 7. The fraction of sp³-hybridized carbons (Fsp3) is 0.462. The van der Waals surface area contributed by atoms with Gasteiger partial charge in [0.15, 0.2) is 11.5 Å². The number of hydrogen-bond donors (Lipinski definition) is 1. The van der Waals surface area contributed by atoms with E-state index >= 15 is 0 Å². The molecule has 0 saturated heterocycles. The normalized spacial score (nSPS) is 15.5. The van der Waals surface area contributed by atoms with E-state index in [0.717, 1.165) is 22.3 Å². The van der Waals surface area contributed by atoms with Crippen LogP contribution in [-0.2, 0) is 14.2 Å². The van der Waals surface area contributed by atoms with Gasteiger partial charge in [-0.05, 0) is 24.3 Å². The van der Waals surface area contributed by atoms with Crippen molar-refractivity contribution >= 4 is 51.3 Å². The quantitative estimate of drug-likeness (QED) is 0.427. The molecule has 4 rings (SSSR count). The van der Waals surface area contributed by atoms with Gasteiger partial charge in [-0.1, -0.05) is 6.07 Å². The molecule has 0 unspecified atom stereocenters. The highest BCUT2D eigenvalue weighted by atomic mass is 35.5. The first-order chi connectivity index (χ1) is 18.3. The van der Waals surface area contributed by atoms with Gasteiger partial charge in [-0.15, -0.1) is 23.2 Å². The van der Waals surface area contributed by atoms with Crippen LogP contribution in [0.25, 0.3) is 10.9 Å². The predicted molar refractivity (Wildman–Crippen MR) is 146 cm³/mol. The number of ether oxygens (including phenoxy) is 5. The lowest BCUT2D eigenvalue weighted by Gasteiger charge is -2.23. The maximum atomic E-state index is 6.03. The fourth-order valence-corrected chi connectivity index (χ4v) is 4.25. The fourth-order valence-electron chi connectivity index (χ4n) is 3.84. The monoisotopic (exact) mass is 550 g/mol. The largest absolute Gasteiger partial charge is 0.487 e. The van der Waals surface area contributed by atoms with Gasteiger partial charge in [-0.2, -0.15) is 0 Å². The second-order valence-corrected chi connectivity index (χ2v) is 8.87. The molecular formula is C26H32Cl2N4O5. The molecule has 1 aliphatic heterocycles. The smallest absolute Gasteiger partial charge is 0.163 e. The molecule has 9 nitrogen and oxygen atoms in total. The second kappa shape index (κ2) is 15.0. The topological polar surface area (TPSA) is 87.2 Å². The number of nitrogens with one attached hydrogen (secondary N) is 1. The maximum absolute atomic E-state index is 6.03. The van der Waals surface area contributed by atoms with Crippen LogP contribution < -0.4 is 19.7 Å². The molecule has 0 aliphatic carbocycles. The Morgan fingerprint density at radius 2 is 1.38 bits per heavy atom. The van der Waals surface area contributed by atoms with Crippen LogP contribution in [0.15, 0.2) is 42.7 Å². The number of alkyl halides is 2. The van der Waals surface area contributed by atoms with Crippen molar-refractivity contribution in [2.75, 3.05) is 87.9 Å². The molecule has 0 amide bonds. The molecule has 3 aromatic rings. The maximum Gasteiger partial charge on any atom is 0.163 e. The molecule has 1 N–H and O–H groups in total. The van der Waals surface area contributed by atoms with Crippen molar-refractivity contribution in [2.24, 2.45) is 0 Å². The summed E-state index contributed by atoms with van der Waals surface area (Å²) in [5.74, 6) is 2.87. The third-order valence-electron chi connectivity index (χ3n) is 5.60. The molecule has 200 valence electrons. The van der Waals surface area contributed by atoms with Gasteiger partial charge < -0.3 is 33.9 Å². The van der Waals surface area contributed by atoms with E-state index in [-0.39, 0.29) is 0 Å². The van der Waals surface area contributed by atoms with Crippen LogP contribution in [-0.4, -0.2) is 87.7 Å². The highest BCUT2D eigenvalue weighted by Gasteiger charge is 2.14. The Bertz CT molecular complexity index is 1120. The average Bonchev–Trinajstić information content (AvgIpc) is 2.92. The van der Waals surface area contributed by atoms with Gasteiger partial charge in [0.05, 0.1) is 45.2 Å². The standard InChI is InChI=1S/C26H32Cl2N4O5/c27-4-6-32(7-5-28)21-3-1-2-20(16-21)31-26-22-17-24-25(18-23(22)29-19-30-26)37-15-13-35-11-9-33-8-10-34-12-14-36-24/h1-3,16-19H,4-15H2,(H,29,30,31). The van der Waals surface area contributed by atoms with Crippen molar-refractivity contribution in [1.82, 2.24) is 9.97 Å². The van der Waals surface area contributed by atoms with Gasteiger partial charge in [0, 0.05) is 47.7 Å². The minimum Gasteiger partial charge on any atom is -0.487 e. The summed E-state index contributed by atoms with van der Waals surface area (Å²) in [4.78, 5) is 11.1. The van der Waals surface area contributed by atoms with Crippen LogP contribution in [0.3, 0.4) is 0 Å². The molecule has 37 heavy (non-hydrogen) atoms. The SMILES string of the molecule is ClCCN(CCCl)c1cccc(Nc2ncnc3cc4c(cc23)OCCOCCOCCOCCO4)c1. The molecule has 11 heteroatoms. The van der Waals surface area contributed by atoms with Gasteiger partial charge >= 0.3 is 0 Å².